The Morgan fingerprint density at radius 1 is 1.43 bits per heavy atom. The number of nitrogens with two attached hydrogens (primary N) is 1. The second-order valence-electron chi connectivity index (χ2n) is 4.07. The first-order valence-corrected chi connectivity index (χ1v) is 6.32. The van der Waals surface area contributed by atoms with Crippen molar-refractivity contribution in [1.29, 1.82) is 0 Å². The summed E-state index contributed by atoms with van der Waals surface area (Å²) in [7, 11) is 0.122. The van der Waals surface area contributed by atoms with Crippen LogP contribution in [0.1, 0.15) is 12.8 Å². The van der Waals surface area contributed by atoms with Crippen LogP contribution in [0.15, 0.2) is 0 Å². The number of piperidine rings is 1. The van der Waals surface area contributed by atoms with Crippen LogP contribution < -0.4 is 5.14 Å². The Balaban J connectivity index is 2.38. The molecule has 0 amide bonds. The number of nitrogens with zero attached hydrogens (tertiary/aromatic N) is 2. The van der Waals surface area contributed by atoms with Gasteiger partial charge in [0.2, 0.25) is 0 Å². The quantitative estimate of drug-likeness (QED) is 0.696. The maximum absolute atomic E-state index is 11.0. The minimum atomic E-state index is -3.50. The van der Waals surface area contributed by atoms with Gasteiger partial charge in [-0.05, 0) is 38.9 Å². The molecule has 14 heavy (non-hydrogen) atoms. The van der Waals surface area contributed by atoms with Crippen molar-refractivity contribution in [1.82, 2.24) is 9.21 Å². The lowest BCUT2D eigenvalue weighted by Crippen LogP contribution is -2.40. The zero-order valence-electron chi connectivity index (χ0n) is 8.81. The molecule has 84 valence electrons. The molecule has 1 rings (SSSR count). The maximum atomic E-state index is 11.0. The summed E-state index contributed by atoms with van der Waals surface area (Å²) >= 11 is 0. The molecule has 0 bridgehead atoms. The van der Waals surface area contributed by atoms with Gasteiger partial charge in [0.1, 0.15) is 0 Å². The van der Waals surface area contributed by atoms with Gasteiger partial charge in [-0.3, -0.25) is 0 Å². The average molecular weight is 221 g/mol. The lowest BCUT2D eigenvalue weighted by Gasteiger charge is -2.30. The first kappa shape index (κ1) is 11.9. The number of hydrogen-bond donors (Lipinski definition) is 1. The number of likely N-dealkylation sites (tertiary alicyclic amines) is 1. The molecule has 0 aromatic carbocycles. The van der Waals surface area contributed by atoms with Crippen molar-refractivity contribution >= 4 is 10.2 Å². The molecule has 0 radical (unpaired) electrons. The zero-order chi connectivity index (χ0) is 10.8. The molecular formula is C8H19N3O2S. The Labute approximate surface area is 86.0 Å². The molecular weight excluding hydrogens is 202 g/mol. The van der Waals surface area contributed by atoms with Crippen LogP contribution in [0.3, 0.4) is 0 Å². The van der Waals surface area contributed by atoms with E-state index < -0.39 is 10.2 Å². The second kappa shape index (κ2) is 4.57. The van der Waals surface area contributed by atoms with E-state index in [1.54, 1.807) is 0 Å². The topological polar surface area (TPSA) is 66.6 Å². The molecule has 1 aliphatic rings. The standard InChI is InChI=1S/C8H19N3O2S/c1-10-5-3-8(4-6-10)7-11(2)14(9,12)13/h8H,3-7H2,1-2H3,(H2,9,12,13). The summed E-state index contributed by atoms with van der Waals surface area (Å²) in [6, 6.07) is 0. The van der Waals surface area contributed by atoms with Crippen molar-refractivity contribution < 1.29 is 8.42 Å². The first-order chi connectivity index (χ1) is 6.39. The molecule has 0 spiro atoms. The van der Waals surface area contributed by atoms with Gasteiger partial charge in [-0.1, -0.05) is 0 Å². The second-order valence-corrected chi connectivity index (χ2v) is 5.73. The van der Waals surface area contributed by atoms with E-state index in [0.717, 1.165) is 25.9 Å². The van der Waals surface area contributed by atoms with E-state index >= 15 is 0 Å². The normalized spacial score (nSPS) is 21.7. The molecule has 0 atom stereocenters. The van der Waals surface area contributed by atoms with Gasteiger partial charge >= 0.3 is 0 Å². The van der Waals surface area contributed by atoms with Crippen LogP contribution in [0.25, 0.3) is 0 Å². The molecule has 0 aromatic heterocycles. The Bertz CT molecular complexity index is 270. The van der Waals surface area contributed by atoms with Crippen LogP contribution in [0.2, 0.25) is 0 Å². The highest BCUT2D eigenvalue weighted by molar-refractivity contribution is 7.86. The predicted octanol–water partition coefficient (Wildman–Crippen LogP) is -0.536. The van der Waals surface area contributed by atoms with E-state index in [1.165, 1.54) is 11.4 Å². The summed E-state index contributed by atoms with van der Waals surface area (Å²) in [4.78, 5) is 2.26. The third kappa shape index (κ3) is 3.53. The van der Waals surface area contributed by atoms with E-state index in [-0.39, 0.29) is 0 Å². The Kier molecular flexibility index (Phi) is 3.88. The maximum Gasteiger partial charge on any atom is 0.276 e. The van der Waals surface area contributed by atoms with Crippen molar-refractivity contribution in [3.8, 4) is 0 Å². The van der Waals surface area contributed by atoms with Gasteiger partial charge in [0.25, 0.3) is 10.2 Å². The van der Waals surface area contributed by atoms with E-state index in [1.807, 2.05) is 0 Å². The highest BCUT2D eigenvalue weighted by atomic mass is 32.2. The fourth-order valence-corrected chi connectivity index (χ4v) is 2.13. The summed E-state index contributed by atoms with van der Waals surface area (Å²) in [6.07, 6.45) is 2.10. The minimum Gasteiger partial charge on any atom is -0.306 e. The van der Waals surface area contributed by atoms with Crippen LogP contribution >= 0.6 is 0 Å². The SMILES string of the molecule is CN1CCC(CN(C)S(N)(=O)=O)CC1. The molecule has 1 fully saturated rings. The average Bonchev–Trinajstić information content (AvgIpc) is 2.07. The summed E-state index contributed by atoms with van der Waals surface area (Å²) in [5.41, 5.74) is 0. The highest BCUT2D eigenvalue weighted by Crippen LogP contribution is 2.17. The lowest BCUT2D eigenvalue weighted by molar-refractivity contribution is 0.202. The van der Waals surface area contributed by atoms with Gasteiger partial charge in [-0.2, -0.15) is 12.7 Å². The lowest BCUT2D eigenvalue weighted by atomic mass is 9.97. The van der Waals surface area contributed by atoms with E-state index in [9.17, 15) is 8.42 Å². The Morgan fingerprint density at radius 3 is 2.36 bits per heavy atom. The molecule has 1 heterocycles. The summed E-state index contributed by atoms with van der Waals surface area (Å²) in [5.74, 6) is 0.453. The fraction of sp³-hybridized carbons (Fsp3) is 1.00. The predicted molar refractivity (Wildman–Crippen MR) is 56.0 cm³/mol. The first-order valence-electron chi connectivity index (χ1n) is 4.82. The largest absolute Gasteiger partial charge is 0.306 e. The molecule has 0 aromatic rings. The van der Waals surface area contributed by atoms with Crippen LogP contribution in [0.4, 0.5) is 0 Å². The van der Waals surface area contributed by atoms with Crippen LogP contribution in [0, 0.1) is 5.92 Å². The van der Waals surface area contributed by atoms with Crippen molar-refractivity contribution in [3.63, 3.8) is 0 Å². The van der Waals surface area contributed by atoms with E-state index in [4.69, 9.17) is 5.14 Å². The molecule has 6 heteroatoms. The van der Waals surface area contributed by atoms with Gasteiger partial charge in [-0.15, -0.1) is 0 Å². The zero-order valence-corrected chi connectivity index (χ0v) is 9.63. The van der Waals surface area contributed by atoms with Crippen molar-refractivity contribution in [2.75, 3.05) is 33.7 Å². The summed E-state index contributed by atoms with van der Waals surface area (Å²) < 4.78 is 23.2. The highest BCUT2D eigenvalue weighted by Gasteiger charge is 2.21. The molecule has 0 aliphatic carbocycles. The van der Waals surface area contributed by atoms with Crippen molar-refractivity contribution in [2.45, 2.75) is 12.8 Å². The number of rotatable bonds is 3. The van der Waals surface area contributed by atoms with Crippen LogP contribution in [-0.4, -0.2) is 51.4 Å². The fourth-order valence-electron chi connectivity index (χ4n) is 1.71. The van der Waals surface area contributed by atoms with E-state index in [0.29, 0.717) is 12.5 Å². The van der Waals surface area contributed by atoms with Crippen LogP contribution in [-0.2, 0) is 10.2 Å². The Morgan fingerprint density at radius 2 is 1.93 bits per heavy atom. The van der Waals surface area contributed by atoms with E-state index in [2.05, 4.69) is 11.9 Å². The van der Waals surface area contributed by atoms with Gasteiger partial charge in [0.05, 0.1) is 0 Å². The smallest absolute Gasteiger partial charge is 0.276 e. The summed E-state index contributed by atoms with van der Waals surface area (Å²) in [6.45, 7) is 2.64. The van der Waals surface area contributed by atoms with Crippen molar-refractivity contribution in [3.05, 3.63) is 0 Å². The third-order valence-corrected chi connectivity index (χ3v) is 3.81. The molecule has 0 unspecified atom stereocenters. The molecule has 1 aliphatic heterocycles. The van der Waals surface area contributed by atoms with Gasteiger partial charge in [0.15, 0.2) is 0 Å². The molecule has 5 nitrogen and oxygen atoms in total. The molecule has 1 saturated heterocycles. The number of hydrogen-bond acceptors (Lipinski definition) is 3. The Hall–Kier alpha value is -0.170. The minimum absolute atomic E-state index is 0.453. The van der Waals surface area contributed by atoms with Gasteiger partial charge in [0, 0.05) is 13.6 Å². The van der Waals surface area contributed by atoms with Crippen molar-refractivity contribution in [2.24, 2.45) is 11.1 Å². The van der Waals surface area contributed by atoms with Gasteiger partial charge in [-0.25, -0.2) is 5.14 Å². The van der Waals surface area contributed by atoms with Gasteiger partial charge < -0.3 is 4.90 Å². The monoisotopic (exact) mass is 221 g/mol. The molecule has 2 N–H and O–H groups in total. The van der Waals surface area contributed by atoms with Crippen LogP contribution in [0.5, 0.6) is 0 Å². The molecule has 0 saturated carbocycles. The summed E-state index contributed by atoms with van der Waals surface area (Å²) in [5, 5.41) is 5.01. The third-order valence-electron chi connectivity index (χ3n) is 2.79.